The number of rotatable bonds is 11. The van der Waals surface area contributed by atoms with E-state index >= 15 is 8.78 Å². The molecule has 1 aliphatic heterocycles. The van der Waals surface area contributed by atoms with Crippen molar-refractivity contribution in [3.63, 3.8) is 0 Å². The summed E-state index contributed by atoms with van der Waals surface area (Å²) in [4.78, 5) is 20.5. The number of imidazole rings is 1. The number of carboxylic acid groups (broad SMARTS) is 1. The summed E-state index contributed by atoms with van der Waals surface area (Å²) >= 11 is 1.35. The Bertz CT molecular complexity index is 1770. The Kier molecular flexibility index (Phi) is 7.87. The van der Waals surface area contributed by atoms with Gasteiger partial charge in [0.2, 0.25) is 5.88 Å². The zero-order valence-corrected chi connectivity index (χ0v) is 23.2. The highest BCUT2D eigenvalue weighted by Gasteiger charge is 2.23. The minimum atomic E-state index is -1.06. The molecule has 1 aliphatic rings. The quantitative estimate of drug-likeness (QED) is 0.225. The van der Waals surface area contributed by atoms with Gasteiger partial charge in [-0.05, 0) is 48.4 Å². The maximum atomic E-state index is 15.4. The number of hydrogen-bond donors (Lipinski definition) is 1. The van der Waals surface area contributed by atoms with Gasteiger partial charge >= 0.3 is 5.97 Å². The maximum absolute atomic E-state index is 15.4. The van der Waals surface area contributed by atoms with E-state index in [-0.39, 0.29) is 47.4 Å². The molecule has 4 heterocycles. The average Bonchev–Trinajstić information content (AvgIpc) is 3.55. The number of hydrogen-bond acceptors (Lipinski definition) is 9. The molecule has 0 unspecified atom stereocenters. The first-order chi connectivity index (χ1) is 20.4. The molecule has 0 aliphatic carbocycles. The van der Waals surface area contributed by atoms with E-state index in [1.165, 1.54) is 23.5 Å². The fourth-order valence-corrected chi connectivity index (χ4v) is 5.41. The molecule has 0 radical (unpaired) electrons. The third kappa shape index (κ3) is 5.84. The lowest BCUT2D eigenvalue weighted by Gasteiger charge is -2.27. The first-order valence-corrected chi connectivity index (χ1v) is 13.9. The first kappa shape index (κ1) is 27.8. The van der Waals surface area contributed by atoms with Gasteiger partial charge in [0, 0.05) is 31.8 Å². The molecule has 1 N–H and O–H groups in total. The van der Waals surface area contributed by atoms with Crippen LogP contribution in [-0.2, 0) is 35.7 Å². The van der Waals surface area contributed by atoms with E-state index in [0.29, 0.717) is 46.6 Å². The largest absolute Gasteiger partial charge is 0.478 e. The van der Waals surface area contributed by atoms with Crippen molar-refractivity contribution < 1.29 is 32.9 Å². The first-order valence-electron chi connectivity index (χ1n) is 13.1. The molecule has 216 valence electrons. The number of nitrogens with zero attached hydrogens (tertiary/aromatic N) is 5. The van der Waals surface area contributed by atoms with Gasteiger partial charge in [0.05, 0.1) is 41.5 Å². The SMILES string of the molecule is COCc1nnc(COc2cccc(-c3cc(F)c(Cc4nc5ccc(C(=O)O)cc5n4C[C@@H]4CCO4)cc3F)n2)s1. The summed E-state index contributed by atoms with van der Waals surface area (Å²) in [5, 5.41) is 18.8. The van der Waals surface area contributed by atoms with Crippen LogP contribution in [0.2, 0.25) is 0 Å². The summed E-state index contributed by atoms with van der Waals surface area (Å²) in [6, 6.07) is 11.7. The predicted molar refractivity (Wildman–Crippen MR) is 148 cm³/mol. The van der Waals surface area contributed by atoms with Crippen molar-refractivity contribution in [3.8, 4) is 17.1 Å². The molecule has 1 fully saturated rings. The minimum absolute atomic E-state index is 0.00364. The summed E-state index contributed by atoms with van der Waals surface area (Å²) in [6.45, 7) is 1.55. The van der Waals surface area contributed by atoms with E-state index in [9.17, 15) is 9.90 Å². The molecule has 6 rings (SSSR count). The van der Waals surface area contributed by atoms with Crippen molar-refractivity contribution in [3.05, 3.63) is 87.1 Å². The van der Waals surface area contributed by atoms with Gasteiger partial charge in [0.15, 0.2) is 5.01 Å². The average molecular weight is 594 g/mol. The van der Waals surface area contributed by atoms with Gasteiger partial charge in [-0.2, -0.15) is 0 Å². The van der Waals surface area contributed by atoms with E-state index < -0.39 is 17.6 Å². The number of carboxylic acids is 1. The molecule has 10 nitrogen and oxygen atoms in total. The van der Waals surface area contributed by atoms with Crippen LogP contribution in [0.3, 0.4) is 0 Å². The zero-order chi connectivity index (χ0) is 29.2. The molecule has 0 saturated carbocycles. The topological polar surface area (TPSA) is 121 Å². The number of halogens is 2. The number of carbonyl (C=O) groups is 1. The van der Waals surface area contributed by atoms with Crippen LogP contribution < -0.4 is 4.74 Å². The Morgan fingerprint density at radius 2 is 1.90 bits per heavy atom. The second-order valence-electron chi connectivity index (χ2n) is 9.70. The normalized spacial score (nSPS) is 14.7. The van der Waals surface area contributed by atoms with E-state index in [2.05, 4.69) is 20.2 Å². The van der Waals surface area contributed by atoms with Crippen LogP contribution in [0.5, 0.6) is 5.88 Å². The molecule has 0 bridgehead atoms. The molecule has 3 aromatic heterocycles. The molecule has 13 heteroatoms. The van der Waals surface area contributed by atoms with Crippen LogP contribution in [0.15, 0.2) is 48.5 Å². The van der Waals surface area contributed by atoms with Crippen molar-refractivity contribution in [1.29, 1.82) is 0 Å². The van der Waals surface area contributed by atoms with Crippen LogP contribution in [0.4, 0.5) is 8.78 Å². The zero-order valence-electron chi connectivity index (χ0n) is 22.4. The standard InChI is InChI=1S/C29H25F2N5O5S/c1-39-14-27-34-35-28(42-27)15-41-26-4-2-3-22(33-26)19-12-20(30)17(9-21(19)31)11-25-32-23-6-5-16(29(37)38)10-24(23)36(25)13-18-7-8-40-18/h2-6,9-10,12,18H,7-8,11,13-15H2,1H3,(H,37,38)/t18-/m0/s1. The number of methoxy groups -OCH3 is 1. The fraction of sp³-hybridized carbons (Fsp3) is 0.276. The van der Waals surface area contributed by atoms with Crippen LogP contribution in [0.25, 0.3) is 22.3 Å². The highest BCUT2D eigenvalue weighted by Crippen LogP contribution is 2.29. The highest BCUT2D eigenvalue weighted by atomic mass is 32.1. The monoisotopic (exact) mass is 593 g/mol. The lowest BCUT2D eigenvalue weighted by Crippen LogP contribution is -2.31. The van der Waals surface area contributed by atoms with Crippen molar-refractivity contribution in [1.82, 2.24) is 24.7 Å². The van der Waals surface area contributed by atoms with Crippen LogP contribution in [0.1, 0.15) is 38.2 Å². The third-order valence-corrected chi connectivity index (χ3v) is 7.73. The fourth-order valence-electron chi connectivity index (χ4n) is 4.68. The Labute approximate surface area is 242 Å². The molecule has 1 atom stereocenters. The van der Waals surface area contributed by atoms with E-state index in [0.717, 1.165) is 18.6 Å². The van der Waals surface area contributed by atoms with E-state index in [1.807, 2.05) is 4.57 Å². The van der Waals surface area contributed by atoms with Gasteiger partial charge in [-0.15, -0.1) is 10.2 Å². The summed E-state index contributed by atoms with van der Waals surface area (Å²) in [7, 11) is 1.57. The molecule has 1 saturated heterocycles. The molecular formula is C29H25F2N5O5S. The third-order valence-electron chi connectivity index (χ3n) is 6.86. The van der Waals surface area contributed by atoms with Gasteiger partial charge in [-0.3, -0.25) is 0 Å². The molecule has 5 aromatic rings. The number of pyridine rings is 1. The molecule has 42 heavy (non-hydrogen) atoms. The molecule has 2 aromatic carbocycles. The Morgan fingerprint density at radius 3 is 2.64 bits per heavy atom. The smallest absolute Gasteiger partial charge is 0.335 e. The second kappa shape index (κ2) is 11.9. The van der Waals surface area contributed by atoms with Crippen LogP contribution >= 0.6 is 11.3 Å². The van der Waals surface area contributed by atoms with Gasteiger partial charge in [0.1, 0.15) is 29.1 Å². The van der Waals surface area contributed by atoms with Crippen molar-refractivity contribution in [2.45, 2.75) is 38.7 Å². The molecule has 0 amide bonds. The second-order valence-corrected chi connectivity index (χ2v) is 10.8. The van der Waals surface area contributed by atoms with Crippen molar-refractivity contribution in [2.24, 2.45) is 0 Å². The van der Waals surface area contributed by atoms with Gasteiger partial charge in [-0.25, -0.2) is 23.5 Å². The van der Waals surface area contributed by atoms with Crippen molar-refractivity contribution >= 4 is 28.3 Å². The van der Waals surface area contributed by atoms with Crippen LogP contribution in [0, 0.1) is 11.6 Å². The highest BCUT2D eigenvalue weighted by molar-refractivity contribution is 7.11. The summed E-state index contributed by atoms with van der Waals surface area (Å²) < 4.78 is 49.0. The van der Waals surface area contributed by atoms with Gasteiger partial charge in [-0.1, -0.05) is 17.4 Å². The van der Waals surface area contributed by atoms with Gasteiger partial charge < -0.3 is 23.9 Å². The summed E-state index contributed by atoms with van der Waals surface area (Å²) in [5.41, 5.74) is 1.59. The van der Waals surface area contributed by atoms with E-state index in [4.69, 9.17) is 14.2 Å². The maximum Gasteiger partial charge on any atom is 0.335 e. The number of benzene rings is 2. The predicted octanol–water partition coefficient (Wildman–Crippen LogP) is 5.03. The van der Waals surface area contributed by atoms with Crippen LogP contribution in [-0.4, -0.2) is 55.6 Å². The number of fused-ring (bicyclic) bond motifs is 1. The lowest BCUT2D eigenvalue weighted by atomic mass is 10.0. The lowest BCUT2D eigenvalue weighted by molar-refractivity contribution is -0.0589. The van der Waals surface area contributed by atoms with Gasteiger partial charge in [0.25, 0.3) is 0 Å². The summed E-state index contributed by atoms with van der Waals surface area (Å²) in [5.74, 6) is -1.62. The molecule has 0 spiro atoms. The summed E-state index contributed by atoms with van der Waals surface area (Å²) in [6.07, 6.45) is 0.787. The number of ether oxygens (including phenoxy) is 3. The number of aromatic carboxylic acids is 1. The Morgan fingerprint density at radius 1 is 1.10 bits per heavy atom. The Balaban J connectivity index is 1.25. The van der Waals surface area contributed by atoms with E-state index in [1.54, 1.807) is 31.4 Å². The molecular weight excluding hydrogens is 568 g/mol. The minimum Gasteiger partial charge on any atom is -0.478 e. The number of aromatic nitrogens is 5. The Hall–Kier alpha value is -4.33. The van der Waals surface area contributed by atoms with Crippen molar-refractivity contribution in [2.75, 3.05) is 13.7 Å².